The van der Waals surface area contributed by atoms with Crippen LogP contribution in [0.4, 0.5) is 0 Å². The minimum Gasteiger partial charge on any atom is -0.466 e. The topological polar surface area (TPSA) is 122 Å². The molecule has 0 aromatic heterocycles. The molecule has 12 nitrogen and oxygen atoms in total. The summed E-state index contributed by atoms with van der Waals surface area (Å²) in [6.07, 6.45) is 29.1. The Bertz CT molecular complexity index is 883. The van der Waals surface area contributed by atoms with Crippen LogP contribution in [0, 0.1) is 0 Å². The SMILES string of the molecule is CCCCCCCCCCCOC(=O)CCCCCN(CCCCCC(=O)OCCCCCCCCCCC)CCOC(=O)CCN(CCOCCOC)CCOCCOC. The summed E-state index contributed by atoms with van der Waals surface area (Å²) >= 11 is 0. The highest BCUT2D eigenvalue weighted by atomic mass is 16.5. The Labute approximate surface area is 374 Å². The minimum atomic E-state index is -0.215. The molecule has 0 unspecified atom stereocenters. The summed E-state index contributed by atoms with van der Waals surface area (Å²) in [4.78, 5) is 41.9. The van der Waals surface area contributed by atoms with Crippen LogP contribution in [0.2, 0.25) is 0 Å². The maximum atomic E-state index is 12.8. The highest BCUT2D eigenvalue weighted by Gasteiger charge is 2.12. The van der Waals surface area contributed by atoms with Gasteiger partial charge in [-0.25, -0.2) is 0 Å². The maximum Gasteiger partial charge on any atom is 0.307 e. The first-order valence-corrected chi connectivity index (χ1v) is 25.0. The Hall–Kier alpha value is -1.83. The van der Waals surface area contributed by atoms with Gasteiger partial charge in [0.05, 0.1) is 59.3 Å². The predicted octanol–water partition coefficient (Wildman–Crippen LogP) is 10.1. The first-order chi connectivity index (χ1) is 30.0. The van der Waals surface area contributed by atoms with Crippen molar-refractivity contribution in [2.75, 3.05) is 113 Å². The fourth-order valence-corrected chi connectivity index (χ4v) is 7.06. The van der Waals surface area contributed by atoms with Crippen molar-refractivity contribution in [3.8, 4) is 0 Å². The van der Waals surface area contributed by atoms with E-state index in [9.17, 15) is 14.4 Å². The van der Waals surface area contributed by atoms with Crippen LogP contribution in [-0.4, -0.2) is 141 Å². The molecular weight excluding hydrogens is 777 g/mol. The number of methoxy groups -OCH3 is 2. The average Bonchev–Trinajstić information content (AvgIpc) is 3.25. The summed E-state index contributed by atoms with van der Waals surface area (Å²) in [7, 11) is 3.30. The zero-order chi connectivity index (χ0) is 44.5. The zero-order valence-corrected chi connectivity index (χ0v) is 40.2. The van der Waals surface area contributed by atoms with E-state index < -0.39 is 0 Å². The van der Waals surface area contributed by atoms with Crippen LogP contribution in [0.3, 0.4) is 0 Å². The Balaban J connectivity index is 4.60. The van der Waals surface area contributed by atoms with E-state index >= 15 is 0 Å². The number of hydrogen-bond acceptors (Lipinski definition) is 12. The van der Waals surface area contributed by atoms with Crippen molar-refractivity contribution in [1.29, 1.82) is 0 Å². The van der Waals surface area contributed by atoms with Crippen LogP contribution in [0.25, 0.3) is 0 Å². The third-order valence-electron chi connectivity index (χ3n) is 11.0. The van der Waals surface area contributed by atoms with Gasteiger partial charge in [-0.15, -0.1) is 0 Å². The van der Waals surface area contributed by atoms with Crippen molar-refractivity contribution in [3.05, 3.63) is 0 Å². The number of rotatable bonds is 50. The van der Waals surface area contributed by atoms with Gasteiger partial charge in [0.1, 0.15) is 6.61 Å². The summed E-state index contributed by atoms with van der Waals surface area (Å²) in [5, 5.41) is 0. The van der Waals surface area contributed by atoms with E-state index in [0.717, 1.165) is 77.3 Å². The van der Waals surface area contributed by atoms with Gasteiger partial charge in [0.15, 0.2) is 0 Å². The van der Waals surface area contributed by atoms with Crippen LogP contribution in [0.5, 0.6) is 0 Å². The van der Waals surface area contributed by atoms with Gasteiger partial charge < -0.3 is 33.2 Å². The Morgan fingerprint density at radius 3 is 1.08 bits per heavy atom. The fraction of sp³-hybridized carbons (Fsp3) is 0.939. The molecule has 0 heterocycles. The Morgan fingerprint density at radius 1 is 0.311 bits per heavy atom. The third-order valence-corrected chi connectivity index (χ3v) is 11.0. The fourth-order valence-electron chi connectivity index (χ4n) is 7.06. The minimum absolute atomic E-state index is 0.0918. The molecule has 0 saturated heterocycles. The van der Waals surface area contributed by atoms with E-state index in [1.165, 1.54) is 89.9 Å². The molecule has 0 aliphatic carbocycles. The number of nitrogens with zero attached hydrogens (tertiary/aromatic N) is 2. The molecule has 0 aromatic rings. The molecule has 0 atom stereocenters. The average molecular weight is 873 g/mol. The van der Waals surface area contributed by atoms with Crippen molar-refractivity contribution in [1.82, 2.24) is 9.80 Å². The largest absolute Gasteiger partial charge is 0.466 e. The number of carbonyl (C=O) groups is 3. The second-order valence-electron chi connectivity index (χ2n) is 16.6. The summed E-state index contributed by atoms with van der Waals surface area (Å²) in [5.41, 5.74) is 0. The number of ether oxygens (including phenoxy) is 7. The molecular formula is C49H96N2O10. The first kappa shape index (κ1) is 59.2. The number of esters is 3. The molecule has 0 fully saturated rings. The lowest BCUT2D eigenvalue weighted by Crippen LogP contribution is -2.34. The second kappa shape index (κ2) is 49.2. The standard InChI is InChI=1S/C49H96N2O10/c1-5-7-9-11-13-15-17-19-27-38-59-47(52)29-23-21-25-32-50(33-26-22-24-30-48(53)60-39-28-20-18-16-14-12-10-8-6-2)37-42-61-49(54)31-34-51(35-40-57-45-43-55-3)36-41-58-46-44-56-4/h5-46H2,1-4H3. The number of unbranched alkanes of at least 4 members (excludes halogenated alkanes) is 20. The predicted molar refractivity (Wildman–Crippen MR) is 247 cm³/mol. The normalized spacial score (nSPS) is 11.5. The third kappa shape index (κ3) is 46.0. The Morgan fingerprint density at radius 2 is 0.656 bits per heavy atom. The van der Waals surface area contributed by atoms with Gasteiger partial charge in [-0.3, -0.25) is 24.2 Å². The smallest absolute Gasteiger partial charge is 0.307 e. The molecule has 0 aliphatic heterocycles. The van der Waals surface area contributed by atoms with Crippen molar-refractivity contribution < 1.29 is 47.5 Å². The summed E-state index contributed by atoms with van der Waals surface area (Å²) in [6.45, 7) is 13.5. The molecule has 0 aromatic carbocycles. The van der Waals surface area contributed by atoms with Gasteiger partial charge in [0, 0.05) is 53.2 Å². The van der Waals surface area contributed by atoms with Crippen LogP contribution < -0.4 is 0 Å². The molecule has 0 amide bonds. The van der Waals surface area contributed by atoms with E-state index in [-0.39, 0.29) is 17.9 Å². The quantitative estimate of drug-likeness (QED) is 0.0329. The molecule has 0 aliphatic rings. The molecule has 0 bridgehead atoms. The van der Waals surface area contributed by atoms with Gasteiger partial charge in [0.25, 0.3) is 0 Å². The molecule has 0 spiro atoms. The van der Waals surface area contributed by atoms with Gasteiger partial charge >= 0.3 is 17.9 Å². The monoisotopic (exact) mass is 873 g/mol. The summed E-state index contributed by atoms with van der Waals surface area (Å²) < 4.78 is 38.1. The molecule has 0 saturated carbocycles. The number of hydrogen-bond donors (Lipinski definition) is 0. The van der Waals surface area contributed by atoms with Crippen molar-refractivity contribution in [2.24, 2.45) is 0 Å². The molecule has 61 heavy (non-hydrogen) atoms. The van der Waals surface area contributed by atoms with Crippen molar-refractivity contribution >= 4 is 17.9 Å². The van der Waals surface area contributed by atoms with Crippen LogP contribution >= 0.6 is 0 Å². The van der Waals surface area contributed by atoms with Gasteiger partial charge in [-0.1, -0.05) is 129 Å². The van der Waals surface area contributed by atoms with E-state index in [1.807, 2.05) is 0 Å². The number of carbonyl (C=O) groups excluding carboxylic acids is 3. The van der Waals surface area contributed by atoms with Crippen molar-refractivity contribution in [2.45, 2.75) is 187 Å². The van der Waals surface area contributed by atoms with Gasteiger partial charge in [-0.2, -0.15) is 0 Å². The second-order valence-corrected chi connectivity index (χ2v) is 16.6. The van der Waals surface area contributed by atoms with E-state index in [2.05, 4.69) is 23.6 Å². The molecule has 0 radical (unpaired) electrons. The lowest BCUT2D eigenvalue weighted by Gasteiger charge is -2.23. The molecule has 0 rings (SSSR count). The zero-order valence-electron chi connectivity index (χ0n) is 40.2. The molecule has 0 N–H and O–H groups in total. The highest BCUT2D eigenvalue weighted by molar-refractivity contribution is 5.70. The highest BCUT2D eigenvalue weighted by Crippen LogP contribution is 2.12. The van der Waals surface area contributed by atoms with Gasteiger partial charge in [0.2, 0.25) is 0 Å². The van der Waals surface area contributed by atoms with Crippen LogP contribution in [-0.2, 0) is 47.5 Å². The Kier molecular flexibility index (Phi) is 47.7. The van der Waals surface area contributed by atoms with Crippen LogP contribution in [0.1, 0.15) is 187 Å². The lowest BCUT2D eigenvalue weighted by molar-refractivity contribution is -0.145. The van der Waals surface area contributed by atoms with E-state index in [0.29, 0.717) is 105 Å². The maximum absolute atomic E-state index is 12.8. The van der Waals surface area contributed by atoms with Gasteiger partial charge in [-0.05, 0) is 51.6 Å². The summed E-state index contributed by atoms with van der Waals surface area (Å²) in [6, 6.07) is 0. The van der Waals surface area contributed by atoms with E-state index in [4.69, 9.17) is 33.2 Å². The lowest BCUT2D eigenvalue weighted by atomic mass is 10.1. The molecule has 12 heteroatoms. The molecule has 362 valence electrons. The van der Waals surface area contributed by atoms with Crippen molar-refractivity contribution in [3.63, 3.8) is 0 Å². The summed E-state index contributed by atoms with van der Waals surface area (Å²) in [5.74, 6) is -0.399. The first-order valence-electron chi connectivity index (χ1n) is 25.0. The van der Waals surface area contributed by atoms with Crippen LogP contribution in [0.15, 0.2) is 0 Å². The van der Waals surface area contributed by atoms with E-state index in [1.54, 1.807) is 14.2 Å².